The Bertz CT molecular complexity index is 878. The number of hydrogen-bond acceptors (Lipinski definition) is 5. The van der Waals surface area contributed by atoms with Gasteiger partial charge in [-0.3, -0.25) is 9.59 Å². The molecule has 2 fully saturated rings. The molecule has 7 nitrogen and oxygen atoms in total. The summed E-state index contributed by atoms with van der Waals surface area (Å²) < 4.78 is 32.1. The summed E-state index contributed by atoms with van der Waals surface area (Å²) in [6, 6.07) is 6.82. The molecular weight excluding hydrogens is 428 g/mol. The number of sulfonamides is 1. The number of nitrogens with one attached hydrogen (secondary N) is 1. The third-order valence-electron chi connectivity index (χ3n) is 6.91. The smallest absolute Gasteiger partial charge is 0.306 e. The van der Waals surface area contributed by atoms with Crippen molar-refractivity contribution in [3.05, 3.63) is 29.8 Å². The summed E-state index contributed by atoms with van der Waals surface area (Å²) in [5.41, 5.74) is 0.856. The second-order valence-corrected chi connectivity index (χ2v) is 11.1. The Kier molecular flexibility index (Phi) is 8.71. The molecule has 1 aliphatic heterocycles. The Labute approximate surface area is 191 Å². The number of benzene rings is 1. The summed E-state index contributed by atoms with van der Waals surface area (Å²) in [6.45, 7) is 5.25. The first kappa shape index (κ1) is 24.7. The molecule has 1 amide bonds. The highest BCUT2D eigenvalue weighted by Gasteiger charge is 2.28. The van der Waals surface area contributed by atoms with Crippen molar-refractivity contribution in [1.82, 2.24) is 9.62 Å². The maximum absolute atomic E-state index is 12.7. The Morgan fingerprint density at radius 2 is 1.72 bits per heavy atom. The van der Waals surface area contributed by atoms with Crippen LogP contribution < -0.4 is 5.32 Å². The molecule has 1 aromatic carbocycles. The van der Waals surface area contributed by atoms with E-state index in [-0.39, 0.29) is 29.9 Å². The fourth-order valence-corrected chi connectivity index (χ4v) is 6.10. The zero-order valence-corrected chi connectivity index (χ0v) is 20.0. The van der Waals surface area contributed by atoms with Gasteiger partial charge in [0.05, 0.1) is 4.90 Å². The van der Waals surface area contributed by atoms with Crippen LogP contribution in [0.25, 0.3) is 0 Å². The van der Waals surface area contributed by atoms with Crippen LogP contribution in [0.15, 0.2) is 29.2 Å². The molecule has 1 heterocycles. The Balaban J connectivity index is 1.41. The maximum Gasteiger partial charge on any atom is 0.306 e. The minimum Gasteiger partial charge on any atom is -0.456 e. The number of ether oxygens (including phenoxy) is 1. The fourth-order valence-electron chi connectivity index (χ4n) is 4.58. The van der Waals surface area contributed by atoms with Crippen LogP contribution in [-0.4, -0.2) is 50.3 Å². The molecule has 0 spiro atoms. The van der Waals surface area contributed by atoms with Gasteiger partial charge in [0, 0.05) is 25.6 Å². The quantitative estimate of drug-likeness (QED) is 0.596. The Hall–Kier alpha value is -1.93. The van der Waals surface area contributed by atoms with Crippen LogP contribution in [0.4, 0.5) is 0 Å². The Morgan fingerprint density at radius 3 is 2.41 bits per heavy atom. The topological polar surface area (TPSA) is 92.8 Å². The van der Waals surface area contributed by atoms with Crippen LogP contribution in [0.1, 0.15) is 64.4 Å². The van der Waals surface area contributed by atoms with E-state index >= 15 is 0 Å². The summed E-state index contributed by atoms with van der Waals surface area (Å²) >= 11 is 0. The SMILES string of the molecule is CC1CCCC(NC(=O)COC(=O)CCc2ccc(S(=O)(=O)N3CCCCC3)cc2)C1C. The van der Waals surface area contributed by atoms with Crippen molar-refractivity contribution in [3.63, 3.8) is 0 Å². The lowest BCUT2D eigenvalue weighted by Gasteiger charge is -2.34. The van der Waals surface area contributed by atoms with Crippen LogP contribution in [0.3, 0.4) is 0 Å². The van der Waals surface area contributed by atoms with Crippen LogP contribution in [0.2, 0.25) is 0 Å². The molecule has 0 radical (unpaired) electrons. The molecule has 1 saturated heterocycles. The van der Waals surface area contributed by atoms with Crippen LogP contribution >= 0.6 is 0 Å². The average Bonchev–Trinajstić information content (AvgIpc) is 2.80. The van der Waals surface area contributed by atoms with Crippen molar-refractivity contribution in [3.8, 4) is 0 Å². The van der Waals surface area contributed by atoms with Gasteiger partial charge in [0.2, 0.25) is 10.0 Å². The largest absolute Gasteiger partial charge is 0.456 e. The molecule has 8 heteroatoms. The van der Waals surface area contributed by atoms with E-state index in [4.69, 9.17) is 4.74 Å². The van der Waals surface area contributed by atoms with Crippen molar-refractivity contribution >= 4 is 21.9 Å². The zero-order valence-electron chi connectivity index (χ0n) is 19.2. The summed E-state index contributed by atoms with van der Waals surface area (Å²) in [6.07, 6.45) is 6.70. The van der Waals surface area contributed by atoms with E-state index in [1.807, 2.05) is 0 Å². The lowest BCUT2D eigenvalue weighted by atomic mass is 9.78. The molecule has 2 aliphatic rings. The first-order valence-electron chi connectivity index (χ1n) is 11.8. The number of hydrogen-bond donors (Lipinski definition) is 1. The van der Waals surface area contributed by atoms with E-state index in [9.17, 15) is 18.0 Å². The fraction of sp³-hybridized carbons (Fsp3) is 0.667. The molecule has 3 rings (SSSR count). The molecule has 178 valence electrons. The number of nitrogens with zero attached hydrogens (tertiary/aromatic N) is 1. The van der Waals surface area contributed by atoms with Gasteiger partial charge in [0.15, 0.2) is 6.61 Å². The second kappa shape index (κ2) is 11.3. The summed E-state index contributed by atoms with van der Waals surface area (Å²) in [5, 5.41) is 3.00. The van der Waals surface area contributed by atoms with Crippen LogP contribution in [-0.2, 0) is 30.8 Å². The van der Waals surface area contributed by atoms with E-state index in [1.54, 1.807) is 28.6 Å². The summed E-state index contributed by atoms with van der Waals surface area (Å²) in [4.78, 5) is 24.5. The number of amides is 1. The molecule has 0 aromatic heterocycles. The zero-order chi connectivity index (χ0) is 23.1. The lowest BCUT2D eigenvalue weighted by Crippen LogP contribution is -2.45. The molecule has 0 bridgehead atoms. The number of rotatable bonds is 8. The number of esters is 1. The van der Waals surface area contributed by atoms with Gasteiger partial charge in [-0.05, 0) is 55.2 Å². The van der Waals surface area contributed by atoms with Gasteiger partial charge in [-0.1, -0.05) is 45.2 Å². The van der Waals surface area contributed by atoms with E-state index in [0.717, 1.165) is 37.7 Å². The molecule has 1 aromatic rings. The van der Waals surface area contributed by atoms with E-state index in [0.29, 0.717) is 31.3 Å². The second-order valence-electron chi connectivity index (χ2n) is 9.21. The number of carbonyl (C=O) groups excluding carboxylic acids is 2. The molecule has 1 N–H and O–H groups in total. The monoisotopic (exact) mass is 464 g/mol. The maximum atomic E-state index is 12.7. The van der Waals surface area contributed by atoms with E-state index in [1.165, 1.54) is 6.42 Å². The summed E-state index contributed by atoms with van der Waals surface area (Å²) in [7, 11) is -3.45. The Morgan fingerprint density at radius 1 is 1.03 bits per heavy atom. The van der Waals surface area contributed by atoms with E-state index in [2.05, 4.69) is 19.2 Å². The third-order valence-corrected chi connectivity index (χ3v) is 8.82. The van der Waals surface area contributed by atoms with Crippen molar-refractivity contribution in [2.45, 2.75) is 76.2 Å². The molecule has 1 aliphatic carbocycles. The minimum atomic E-state index is -3.45. The molecule has 32 heavy (non-hydrogen) atoms. The normalized spacial score (nSPS) is 24.6. The molecule has 1 saturated carbocycles. The first-order valence-corrected chi connectivity index (χ1v) is 13.3. The number of carbonyl (C=O) groups is 2. The van der Waals surface area contributed by atoms with Gasteiger partial charge in [0.25, 0.3) is 5.91 Å². The first-order chi connectivity index (χ1) is 15.3. The lowest BCUT2D eigenvalue weighted by molar-refractivity contribution is -0.148. The molecule has 3 unspecified atom stereocenters. The van der Waals surface area contributed by atoms with Gasteiger partial charge in [-0.2, -0.15) is 4.31 Å². The summed E-state index contributed by atoms with van der Waals surface area (Å²) in [5.74, 6) is 0.315. The predicted molar refractivity (Wildman–Crippen MR) is 122 cm³/mol. The molecule has 3 atom stereocenters. The van der Waals surface area contributed by atoms with Crippen molar-refractivity contribution in [2.75, 3.05) is 19.7 Å². The third kappa shape index (κ3) is 6.54. The van der Waals surface area contributed by atoms with Gasteiger partial charge >= 0.3 is 5.97 Å². The van der Waals surface area contributed by atoms with E-state index < -0.39 is 16.0 Å². The highest BCUT2D eigenvalue weighted by molar-refractivity contribution is 7.89. The highest BCUT2D eigenvalue weighted by atomic mass is 32.2. The van der Waals surface area contributed by atoms with Crippen molar-refractivity contribution < 1.29 is 22.7 Å². The van der Waals surface area contributed by atoms with Crippen LogP contribution in [0.5, 0.6) is 0 Å². The number of aryl methyl sites for hydroxylation is 1. The van der Waals surface area contributed by atoms with Crippen molar-refractivity contribution in [2.24, 2.45) is 11.8 Å². The molecular formula is C24H36N2O5S. The minimum absolute atomic E-state index is 0.141. The van der Waals surface area contributed by atoms with Gasteiger partial charge in [0.1, 0.15) is 0 Å². The predicted octanol–water partition coefficient (Wildman–Crippen LogP) is 3.28. The standard InChI is InChI=1S/C24H36N2O5S/c1-18-7-6-8-22(19(18)2)25-23(27)17-31-24(28)14-11-20-9-12-21(13-10-20)32(29,30)26-15-4-3-5-16-26/h9-10,12-13,18-19,22H,3-8,11,14-17H2,1-2H3,(H,25,27). The van der Waals surface area contributed by atoms with Crippen LogP contribution in [0, 0.1) is 11.8 Å². The van der Waals surface area contributed by atoms with Gasteiger partial charge < -0.3 is 10.1 Å². The van der Waals surface area contributed by atoms with Crippen molar-refractivity contribution in [1.29, 1.82) is 0 Å². The number of piperidine rings is 1. The van der Waals surface area contributed by atoms with Gasteiger partial charge in [-0.15, -0.1) is 0 Å². The average molecular weight is 465 g/mol. The highest BCUT2D eigenvalue weighted by Crippen LogP contribution is 2.29. The van der Waals surface area contributed by atoms with Gasteiger partial charge in [-0.25, -0.2) is 8.42 Å².